The first-order valence-corrected chi connectivity index (χ1v) is 4.22. The van der Waals surface area contributed by atoms with E-state index in [9.17, 15) is 35.5 Å². The molecular weight excluding hydrogens is 271 g/mol. The Morgan fingerprint density at radius 1 is 1.06 bits per heavy atom. The minimum atomic E-state index is -5.40. The van der Waals surface area contributed by atoms with Gasteiger partial charge in [-0.05, 0) is 12.1 Å². The van der Waals surface area contributed by atoms with Crippen molar-refractivity contribution in [2.75, 3.05) is 5.73 Å². The number of Topliss-reactive ketones (excluding diaryl/α,β-unsaturated/α-hetero) is 1. The van der Waals surface area contributed by atoms with Gasteiger partial charge in [-0.1, -0.05) is 0 Å². The molecule has 1 aromatic rings. The van der Waals surface area contributed by atoms with Gasteiger partial charge < -0.3 is 5.73 Å². The highest BCUT2D eigenvalue weighted by Gasteiger charge is 2.42. The molecule has 1 rings (SSSR count). The third-order valence-electron chi connectivity index (χ3n) is 1.95. The van der Waals surface area contributed by atoms with Crippen molar-refractivity contribution in [2.45, 2.75) is 12.4 Å². The Morgan fingerprint density at radius 2 is 1.56 bits per heavy atom. The fourth-order valence-electron chi connectivity index (χ4n) is 1.15. The van der Waals surface area contributed by atoms with Gasteiger partial charge in [0.2, 0.25) is 0 Å². The van der Waals surface area contributed by atoms with Gasteiger partial charge in [-0.25, -0.2) is 4.39 Å². The maximum absolute atomic E-state index is 13.0. The molecule has 0 heterocycles. The molecule has 1 aromatic carbocycles. The van der Waals surface area contributed by atoms with Crippen LogP contribution in [0, 0.1) is 5.82 Å². The van der Waals surface area contributed by atoms with Crippen LogP contribution in [0.2, 0.25) is 0 Å². The van der Waals surface area contributed by atoms with Crippen molar-refractivity contribution in [3.8, 4) is 0 Å². The Balaban J connectivity index is 3.43. The molecule has 0 amide bonds. The lowest BCUT2D eigenvalue weighted by molar-refractivity contribution is -0.137. The average Bonchev–Trinajstić information content (AvgIpc) is 2.17. The van der Waals surface area contributed by atoms with E-state index in [0.29, 0.717) is 0 Å². The summed E-state index contributed by atoms with van der Waals surface area (Å²) in [5, 5.41) is 0. The molecule has 9 heteroatoms. The van der Waals surface area contributed by atoms with Gasteiger partial charge in [0.15, 0.2) is 0 Å². The SMILES string of the molecule is Nc1c(F)cc(C(=O)C(F)(F)F)cc1C(F)(F)F. The smallest absolute Gasteiger partial charge is 0.396 e. The molecule has 0 fully saturated rings. The standard InChI is InChI=1S/C9H4F7NO/c10-5-2-3(7(18)9(14,15)16)1-4(6(5)17)8(11,12)13/h1-2H,17H2. The zero-order valence-electron chi connectivity index (χ0n) is 8.29. The number of benzene rings is 1. The lowest BCUT2D eigenvalue weighted by Crippen LogP contribution is -2.24. The van der Waals surface area contributed by atoms with Crippen LogP contribution in [0.25, 0.3) is 0 Å². The molecule has 0 radical (unpaired) electrons. The van der Waals surface area contributed by atoms with E-state index < -0.39 is 40.8 Å². The van der Waals surface area contributed by atoms with Crippen LogP contribution >= 0.6 is 0 Å². The van der Waals surface area contributed by atoms with E-state index in [0.717, 1.165) is 0 Å². The molecule has 0 aliphatic rings. The largest absolute Gasteiger partial charge is 0.454 e. The minimum Gasteiger partial charge on any atom is -0.396 e. The summed E-state index contributed by atoms with van der Waals surface area (Å²) in [7, 11) is 0. The van der Waals surface area contributed by atoms with Crippen LogP contribution in [0.15, 0.2) is 12.1 Å². The third-order valence-corrected chi connectivity index (χ3v) is 1.95. The Hall–Kier alpha value is -1.80. The number of anilines is 1. The van der Waals surface area contributed by atoms with E-state index in [1.54, 1.807) is 0 Å². The zero-order chi connectivity index (χ0) is 14.3. The first-order valence-electron chi connectivity index (χ1n) is 4.22. The Bertz CT molecular complexity index is 489. The normalized spacial score (nSPS) is 12.6. The summed E-state index contributed by atoms with van der Waals surface area (Å²) in [6.45, 7) is 0. The predicted molar refractivity (Wildman–Crippen MR) is 46.2 cm³/mol. The number of nitrogens with two attached hydrogens (primary N) is 1. The van der Waals surface area contributed by atoms with Gasteiger partial charge in [0.25, 0.3) is 5.78 Å². The molecule has 2 N–H and O–H groups in total. The van der Waals surface area contributed by atoms with Crippen LogP contribution in [-0.2, 0) is 6.18 Å². The van der Waals surface area contributed by atoms with Gasteiger partial charge in [-0.2, -0.15) is 26.3 Å². The lowest BCUT2D eigenvalue weighted by atomic mass is 10.0. The lowest BCUT2D eigenvalue weighted by Gasteiger charge is -2.13. The third kappa shape index (κ3) is 2.71. The van der Waals surface area contributed by atoms with Crippen LogP contribution in [0.4, 0.5) is 36.4 Å². The number of rotatable bonds is 1. The van der Waals surface area contributed by atoms with Crippen LogP contribution in [0.1, 0.15) is 15.9 Å². The van der Waals surface area contributed by atoms with Crippen LogP contribution < -0.4 is 5.73 Å². The summed E-state index contributed by atoms with van der Waals surface area (Å²) in [6, 6.07) is -0.116. The van der Waals surface area contributed by atoms with E-state index >= 15 is 0 Å². The quantitative estimate of drug-likeness (QED) is 0.486. The molecule has 0 aromatic heterocycles. The highest BCUT2D eigenvalue weighted by Crippen LogP contribution is 2.36. The van der Waals surface area contributed by atoms with Crippen molar-refractivity contribution in [1.29, 1.82) is 0 Å². The molecule has 0 unspecified atom stereocenters. The number of hydrogen-bond acceptors (Lipinski definition) is 2. The van der Waals surface area contributed by atoms with Crippen molar-refractivity contribution in [2.24, 2.45) is 0 Å². The van der Waals surface area contributed by atoms with Crippen molar-refractivity contribution in [3.05, 3.63) is 29.1 Å². The van der Waals surface area contributed by atoms with Crippen LogP contribution in [0.3, 0.4) is 0 Å². The zero-order valence-corrected chi connectivity index (χ0v) is 8.29. The monoisotopic (exact) mass is 275 g/mol. The second kappa shape index (κ2) is 4.14. The Morgan fingerprint density at radius 3 is 1.94 bits per heavy atom. The van der Waals surface area contributed by atoms with Gasteiger partial charge in [0.1, 0.15) is 5.82 Å². The molecule has 0 aliphatic heterocycles. The average molecular weight is 275 g/mol. The van der Waals surface area contributed by atoms with Gasteiger partial charge in [-0.3, -0.25) is 4.79 Å². The maximum atomic E-state index is 13.0. The number of carbonyl (C=O) groups excluding carboxylic acids is 1. The van der Waals surface area contributed by atoms with Gasteiger partial charge in [0.05, 0.1) is 11.3 Å². The summed E-state index contributed by atoms with van der Waals surface area (Å²) in [5.41, 5.74) is 0.118. The van der Waals surface area contributed by atoms with Crippen molar-refractivity contribution in [3.63, 3.8) is 0 Å². The molecule has 18 heavy (non-hydrogen) atoms. The molecule has 0 saturated carbocycles. The van der Waals surface area contributed by atoms with E-state index in [2.05, 4.69) is 0 Å². The topological polar surface area (TPSA) is 43.1 Å². The highest BCUT2D eigenvalue weighted by atomic mass is 19.4. The summed E-state index contributed by atoms with van der Waals surface area (Å²) >= 11 is 0. The highest BCUT2D eigenvalue weighted by molar-refractivity contribution is 6.00. The first-order chi connectivity index (χ1) is 7.94. The molecule has 2 nitrogen and oxygen atoms in total. The molecule has 0 saturated heterocycles. The number of ketones is 1. The Kier molecular flexibility index (Phi) is 3.28. The van der Waals surface area contributed by atoms with E-state index in [1.807, 2.05) is 0 Å². The maximum Gasteiger partial charge on any atom is 0.454 e. The number of alkyl halides is 6. The molecule has 0 spiro atoms. The summed E-state index contributed by atoms with van der Waals surface area (Å²) in [5.74, 6) is -4.32. The molecule has 0 bridgehead atoms. The summed E-state index contributed by atoms with van der Waals surface area (Å²) < 4.78 is 86.0. The van der Waals surface area contributed by atoms with Gasteiger partial charge in [0, 0.05) is 5.56 Å². The van der Waals surface area contributed by atoms with Crippen molar-refractivity contribution >= 4 is 11.5 Å². The van der Waals surface area contributed by atoms with E-state index in [1.165, 1.54) is 0 Å². The summed E-state index contributed by atoms with van der Waals surface area (Å²) in [4.78, 5) is 10.7. The second-order valence-electron chi connectivity index (χ2n) is 3.24. The van der Waals surface area contributed by atoms with Crippen molar-refractivity contribution in [1.82, 2.24) is 0 Å². The number of halogens is 7. The van der Waals surface area contributed by atoms with Gasteiger partial charge >= 0.3 is 12.4 Å². The fraction of sp³-hybridized carbons (Fsp3) is 0.222. The second-order valence-corrected chi connectivity index (χ2v) is 3.24. The molecule has 0 atom stereocenters. The van der Waals surface area contributed by atoms with Gasteiger partial charge in [-0.15, -0.1) is 0 Å². The van der Waals surface area contributed by atoms with E-state index in [-0.39, 0.29) is 12.1 Å². The van der Waals surface area contributed by atoms with Crippen molar-refractivity contribution < 1.29 is 35.5 Å². The summed E-state index contributed by atoms with van der Waals surface area (Å²) in [6.07, 6.45) is -10.6. The number of carbonyl (C=O) groups is 1. The molecule has 0 aliphatic carbocycles. The molecule has 100 valence electrons. The Labute approximate surface area is 95.2 Å². The molecular formula is C9H4F7NO. The minimum absolute atomic E-state index is 0.0143. The number of hydrogen-bond donors (Lipinski definition) is 1. The fourth-order valence-corrected chi connectivity index (χ4v) is 1.15. The van der Waals surface area contributed by atoms with Crippen LogP contribution in [0.5, 0.6) is 0 Å². The first kappa shape index (κ1) is 14.3. The number of nitrogen functional groups attached to an aromatic ring is 1. The van der Waals surface area contributed by atoms with Crippen LogP contribution in [-0.4, -0.2) is 12.0 Å². The van der Waals surface area contributed by atoms with E-state index in [4.69, 9.17) is 5.73 Å². The predicted octanol–water partition coefficient (Wildman–Crippen LogP) is 3.17.